The van der Waals surface area contributed by atoms with Crippen LogP contribution in [0, 0.1) is 13.8 Å². The molecule has 0 heterocycles. The van der Waals surface area contributed by atoms with Crippen molar-refractivity contribution in [2.75, 3.05) is 6.54 Å². The summed E-state index contributed by atoms with van der Waals surface area (Å²) >= 11 is 0. The van der Waals surface area contributed by atoms with Crippen molar-refractivity contribution in [1.29, 1.82) is 0 Å². The number of aryl methyl sites for hydroxylation is 3. The van der Waals surface area contributed by atoms with Crippen LogP contribution in [0.1, 0.15) is 52.7 Å². The highest BCUT2D eigenvalue weighted by atomic mass is 35.5. The van der Waals surface area contributed by atoms with Gasteiger partial charge >= 0.3 is 0 Å². The maximum Gasteiger partial charge on any atom is 0.241 e. The first-order valence-corrected chi connectivity index (χ1v) is 14.4. The van der Waals surface area contributed by atoms with Gasteiger partial charge in [-0.1, -0.05) is 108 Å². The fourth-order valence-electron chi connectivity index (χ4n) is 4.61. The first-order chi connectivity index (χ1) is 17.9. The van der Waals surface area contributed by atoms with Crippen LogP contribution >= 0.6 is 0 Å². The predicted molar refractivity (Wildman–Crippen MR) is 158 cm³/mol. The minimum atomic E-state index is -3.74. The van der Waals surface area contributed by atoms with Crippen molar-refractivity contribution in [1.82, 2.24) is 16.2 Å². The van der Waals surface area contributed by atoms with E-state index in [1.165, 1.54) is 11.1 Å². The lowest BCUT2D eigenvalue weighted by Crippen LogP contribution is -3.00. The smallest absolute Gasteiger partial charge is 0.241 e. The average Bonchev–Trinajstić information content (AvgIpc) is 2.91. The first kappa shape index (κ1) is 32.2. The molecule has 5 nitrogen and oxygen atoms in total. The Hall–Kier alpha value is -3.00. The summed E-state index contributed by atoms with van der Waals surface area (Å²) in [6.45, 7) is 4.85. The van der Waals surface area contributed by atoms with E-state index in [9.17, 15) is 8.42 Å². The Balaban J connectivity index is 0.00000267. The zero-order valence-corrected chi connectivity index (χ0v) is 24.6. The number of quaternary nitrogens is 1. The molecule has 2 atom stereocenters. The Bertz CT molecular complexity index is 1370. The summed E-state index contributed by atoms with van der Waals surface area (Å²) in [5.41, 5.74) is 5.62. The Morgan fingerprint density at radius 2 is 1.26 bits per heavy atom. The highest BCUT2D eigenvalue weighted by molar-refractivity contribution is 7.89. The summed E-state index contributed by atoms with van der Waals surface area (Å²) in [5.74, 6) is 0. The number of hydrogen-bond acceptors (Lipinski definition) is 3. The van der Waals surface area contributed by atoms with E-state index in [2.05, 4.69) is 53.4 Å². The van der Waals surface area contributed by atoms with Gasteiger partial charge in [-0.05, 0) is 68.5 Å². The van der Waals surface area contributed by atoms with Gasteiger partial charge in [0.2, 0.25) is 10.0 Å². The molecule has 0 amide bonds. The summed E-state index contributed by atoms with van der Waals surface area (Å²) in [6.07, 6.45) is 3.08. The summed E-state index contributed by atoms with van der Waals surface area (Å²) in [7, 11) is -3.74. The minimum Gasteiger partial charge on any atom is -1.00 e. The van der Waals surface area contributed by atoms with Gasteiger partial charge in [-0.2, -0.15) is 0 Å². The molecule has 0 unspecified atom stereocenters. The maximum absolute atomic E-state index is 13.5. The number of rotatable bonds is 12. The number of benzene rings is 4. The number of hydrogen-bond donors (Lipinski definition) is 3. The van der Waals surface area contributed by atoms with Crippen LogP contribution in [0.25, 0.3) is 0 Å². The molecule has 39 heavy (non-hydrogen) atoms. The highest BCUT2D eigenvalue weighted by Crippen LogP contribution is 2.31. The van der Waals surface area contributed by atoms with Crippen molar-refractivity contribution < 1.29 is 20.8 Å². The number of nitrogens with one attached hydrogen (secondary N) is 2. The van der Waals surface area contributed by atoms with Crippen LogP contribution in [0.5, 0.6) is 0 Å². The zero-order chi connectivity index (χ0) is 26.1. The second-order valence-corrected chi connectivity index (χ2v) is 11.3. The Kier molecular flexibility index (Phi) is 12.8. The molecule has 0 radical (unpaired) electrons. The zero-order valence-electron chi connectivity index (χ0n) is 23.0. The van der Waals surface area contributed by atoms with Gasteiger partial charge in [0.05, 0.1) is 17.0 Å². The van der Waals surface area contributed by atoms with Gasteiger partial charge in [0.25, 0.3) is 0 Å². The second-order valence-electron chi connectivity index (χ2n) is 9.61. The van der Waals surface area contributed by atoms with E-state index in [1.807, 2.05) is 67.6 Å². The van der Waals surface area contributed by atoms with Crippen LogP contribution in [0.2, 0.25) is 0 Å². The standard InChI is InChI=1S/C32H36N2O2S.ClH.H3N/c1-25-19-21-30(22-20-25)37(35,36)34-32(29-17-7-4-8-18-29)31(28-15-5-3-6-16-28)33-23-10-9-13-27-14-11-12-26(2)24-27;;/h3-8,11-12,14-22,24,31-34H,9-10,13,23H2,1-2H3;1H;1H3/t31-,32-;;/m0../s1. The predicted octanol–water partition coefficient (Wildman–Crippen LogP) is 4.06. The highest BCUT2D eigenvalue weighted by Gasteiger charge is 2.29. The Labute approximate surface area is 240 Å². The van der Waals surface area contributed by atoms with E-state index in [-0.39, 0.29) is 29.5 Å². The molecule has 0 saturated carbocycles. The molecule has 0 saturated heterocycles. The topological polar surface area (TPSA) is 94.7 Å². The van der Waals surface area contributed by atoms with E-state index >= 15 is 0 Å². The molecule has 208 valence electrons. The van der Waals surface area contributed by atoms with Crippen LogP contribution in [0.15, 0.2) is 114 Å². The van der Waals surface area contributed by atoms with Crippen molar-refractivity contribution >= 4 is 10.0 Å². The van der Waals surface area contributed by atoms with E-state index in [4.69, 9.17) is 0 Å². The van der Waals surface area contributed by atoms with Crippen molar-refractivity contribution in [3.8, 4) is 0 Å². The lowest BCUT2D eigenvalue weighted by atomic mass is 9.94. The van der Waals surface area contributed by atoms with E-state index in [1.54, 1.807) is 12.1 Å². The number of unbranched alkanes of at least 4 members (excludes halogenated alkanes) is 1. The molecule has 0 aromatic heterocycles. The minimum absolute atomic E-state index is 0. The molecule has 4 aromatic rings. The summed E-state index contributed by atoms with van der Waals surface area (Å²) in [6, 6.07) is 34.8. The number of halogens is 1. The van der Waals surface area contributed by atoms with Gasteiger partial charge in [0.1, 0.15) is 0 Å². The van der Waals surface area contributed by atoms with Crippen LogP contribution in [-0.2, 0) is 16.4 Å². The summed E-state index contributed by atoms with van der Waals surface area (Å²) in [4.78, 5) is 0.268. The Morgan fingerprint density at radius 1 is 0.667 bits per heavy atom. The van der Waals surface area contributed by atoms with Crippen molar-refractivity contribution in [3.05, 3.63) is 137 Å². The van der Waals surface area contributed by atoms with Gasteiger partial charge in [0, 0.05) is 0 Å². The summed E-state index contributed by atoms with van der Waals surface area (Å²) < 4.78 is 30.0. The van der Waals surface area contributed by atoms with E-state index in [0.717, 1.165) is 42.5 Å². The molecule has 4 aromatic carbocycles. The van der Waals surface area contributed by atoms with Crippen LogP contribution in [0.4, 0.5) is 0 Å². The molecule has 7 heteroatoms. The van der Waals surface area contributed by atoms with Gasteiger partial charge in [-0.3, -0.25) is 0 Å². The van der Waals surface area contributed by atoms with Crippen molar-refractivity contribution in [2.45, 2.75) is 50.1 Å². The van der Waals surface area contributed by atoms with Gasteiger partial charge in [-0.15, -0.1) is 0 Å². The molecule has 6 N–H and O–H groups in total. The third kappa shape index (κ3) is 9.31. The molecule has 0 aliphatic carbocycles. The fourth-order valence-corrected chi connectivity index (χ4v) is 5.85. The fraction of sp³-hybridized carbons (Fsp3) is 0.250. The number of sulfonamides is 1. The first-order valence-electron chi connectivity index (χ1n) is 12.9. The summed E-state index contributed by atoms with van der Waals surface area (Å²) in [5, 5.41) is 3.69. The SMILES string of the molecule is Cc1ccc(S(=O)(=O)N[C@@H](c2ccccc2)[C@@H](NCCCCc2cccc(C)c2)c2ccccc2)cc1.[Cl-].[NH4+]. The second kappa shape index (κ2) is 15.6. The third-order valence-corrected chi connectivity index (χ3v) is 8.06. The largest absolute Gasteiger partial charge is 1.00 e. The van der Waals surface area contributed by atoms with Crippen molar-refractivity contribution in [3.63, 3.8) is 0 Å². The molecule has 0 aliphatic heterocycles. The van der Waals surface area contributed by atoms with Crippen LogP contribution in [0.3, 0.4) is 0 Å². The van der Waals surface area contributed by atoms with Crippen LogP contribution < -0.4 is 28.6 Å². The monoisotopic (exact) mass is 565 g/mol. The third-order valence-electron chi connectivity index (χ3n) is 6.60. The normalized spacial score (nSPS) is 12.6. The van der Waals surface area contributed by atoms with Gasteiger partial charge in [0.15, 0.2) is 0 Å². The lowest BCUT2D eigenvalue weighted by Gasteiger charge is -2.30. The van der Waals surface area contributed by atoms with Gasteiger partial charge < -0.3 is 23.9 Å². The van der Waals surface area contributed by atoms with Crippen LogP contribution in [-0.4, -0.2) is 15.0 Å². The quantitative estimate of drug-likeness (QED) is 0.226. The Morgan fingerprint density at radius 3 is 1.85 bits per heavy atom. The molecule has 0 aliphatic rings. The van der Waals surface area contributed by atoms with Gasteiger partial charge in [-0.25, -0.2) is 13.1 Å². The molecule has 0 spiro atoms. The van der Waals surface area contributed by atoms with Crippen molar-refractivity contribution in [2.24, 2.45) is 0 Å². The molecule has 0 bridgehead atoms. The molecular weight excluding hydrogens is 526 g/mol. The lowest BCUT2D eigenvalue weighted by molar-refractivity contribution is -0.0000106. The average molecular weight is 566 g/mol. The maximum atomic E-state index is 13.5. The molecule has 4 rings (SSSR count). The molecule has 0 fully saturated rings. The van der Waals surface area contributed by atoms with E-state index in [0.29, 0.717) is 0 Å². The van der Waals surface area contributed by atoms with E-state index < -0.39 is 16.1 Å². The molecular formula is C32H40ClN3O2S.